The van der Waals surface area contributed by atoms with Crippen LogP contribution in [-0.4, -0.2) is 28.6 Å². The molecule has 0 radical (unpaired) electrons. The average Bonchev–Trinajstić information content (AvgIpc) is 3.25. The van der Waals surface area contributed by atoms with Gasteiger partial charge in [0.05, 0.1) is 5.52 Å². The molecular weight excluding hydrogens is 394 g/mol. The molecule has 7 heteroatoms. The monoisotopic (exact) mass is 413 g/mol. The van der Waals surface area contributed by atoms with Gasteiger partial charge in [0, 0.05) is 34.9 Å². The molecule has 7 nitrogen and oxygen atoms in total. The molecule has 2 aromatic heterocycles. The third-order valence-corrected chi connectivity index (χ3v) is 4.53. The summed E-state index contributed by atoms with van der Waals surface area (Å²) in [5, 5.41) is 7.42. The largest absolute Gasteiger partial charge is 0.452 e. The van der Waals surface area contributed by atoms with Gasteiger partial charge >= 0.3 is 5.97 Å². The van der Waals surface area contributed by atoms with E-state index in [0.29, 0.717) is 5.69 Å². The molecule has 0 aliphatic heterocycles. The van der Waals surface area contributed by atoms with Crippen molar-refractivity contribution in [2.45, 2.75) is 6.92 Å². The number of esters is 1. The first kappa shape index (κ1) is 20.0. The molecule has 154 valence electrons. The number of rotatable bonds is 6. The van der Waals surface area contributed by atoms with E-state index in [9.17, 15) is 9.59 Å². The summed E-state index contributed by atoms with van der Waals surface area (Å²) in [6.07, 6.45) is 4.57. The molecule has 0 aliphatic rings. The summed E-state index contributed by atoms with van der Waals surface area (Å²) in [4.78, 5) is 28.4. The van der Waals surface area contributed by atoms with Crippen LogP contribution in [0.4, 0.5) is 5.88 Å². The molecule has 0 atom stereocenters. The first-order valence-electron chi connectivity index (χ1n) is 9.61. The molecule has 0 spiro atoms. The van der Waals surface area contributed by atoms with Crippen LogP contribution in [0.25, 0.3) is 28.2 Å². The summed E-state index contributed by atoms with van der Waals surface area (Å²) >= 11 is 0. The fraction of sp³-hybridized carbons (Fsp3) is 0.0833. The van der Waals surface area contributed by atoms with Gasteiger partial charge in [0.1, 0.15) is 5.69 Å². The van der Waals surface area contributed by atoms with E-state index in [-0.39, 0.29) is 5.88 Å². The number of anilines is 1. The van der Waals surface area contributed by atoms with Crippen LogP contribution in [0.1, 0.15) is 11.1 Å². The zero-order chi connectivity index (χ0) is 21.6. The molecule has 0 saturated carbocycles. The highest BCUT2D eigenvalue weighted by Crippen LogP contribution is 2.22. The molecule has 4 aromatic rings. The number of amides is 1. The van der Waals surface area contributed by atoms with Crippen molar-refractivity contribution in [1.82, 2.24) is 10.1 Å². The minimum atomic E-state index is -0.638. The zero-order valence-corrected chi connectivity index (χ0v) is 16.7. The van der Waals surface area contributed by atoms with Gasteiger partial charge in [0.2, 0.25) is 5.88 Å². The van der Waals surface area contributed by atoms with Gasteiger partial charge in [-0.1, -0.05) is 59.3 Å². The smallest absolute Gasteiger partial charge is 0.331 e. The minimum absolute atomic E-state index is 0.175. The Balaban J connectivity index is 1.31. The zero-order valence-electron chi connectivity index (χ0n) is 16.7. The normalized spacial score (nSPS) is 11.0. The Kier molecular flexibility index (Phi) is 5.84. The van der Waals surface area contributed by atoms with Crippen LogP contribution in [-0.2, 0) is 14.3 Å². The number of aromatic nitrogens is 2. The summed E-state index contributed by atoms with van der Waals surface area (Å²) in [5.41, 5.74) is 4.16. The summed E-state index contributed by atoms with van der Waals surface area (Å²) in [6, 6.07) is 18.8. The number of hydrogen-bond donors (Lipinski definition) is 1. The van der Waals surface area contributed by atoms with Crippen molar-refractivity contribution in [3.8, 4) is 11.3 Å². The highest BCUT2D eigenvalue weighted by molar-refractivity contribution is 5.95. The third kappa shape index (κ3) is 5.02. The number of nitrogens with one attached hydrogen (secondary N) is 1. The molecule has 0 aliphatic carbocycles. The van der Waals surface area contributed by atoms with Crippen molar-refractivity contribution in [3.05, 3.63) is 84.1 Å². The standard InChI is InChI=1S/C24H19N3O4/c1-16-7-9-17(10-8-16)20-14-22(31-27-20)26-21(28)15-30-23(29)12-11-19-5-2-4-18-6-3-13-25-24(18)19/h2-14H,15H2,1H3,(H,26,28)/b12-11+. The maximum atomic E-state index is 12.0. The molecule has 0 fully saturated rings. The quantitative estimate of drug-likeness (QED) is 0.372. The lowest BCUT2D eigenvalue weighted by Gasteiger charge is -2.02. The SMILES string of the molecule is Cc1ccc(-c2cc(NC(=O)COC(=O)/C=C/c3cccc4cccnc34)on2)cc1. The van der Waals surface area contributed by atoms with Crippen LogP contribution in [0.15, 0.2) is 77.5 Å². The van der Waals surface area contributed by atoms with E-state index in [2.05, 4.69) is 15.5 Å². The molecular formula is C24H19N3O4. The van der Waals surface area contributed by atoms with Crippen molar-refractivity contribution >= 4 is 34.7 Å². The number of hydrogen-bond acceptors (Lipinski definition) is 6. The van der Waals surface area contributed by atoms with Crippen LogP contribution in [0, 0.1) is 6.92 Å². The number of benzene rings is 2. The molecule has 2 aromatic carbocycles. The predicted molar refractivity (Wildman–Crippen MR) is 117 cm³/mol. The molecule has 0 bridgehead atoms. The minimum Gasteiger partial charge on any atom is -0.452 e. The van der Waals surface area contributed by atoms with E-state index in [1.54, 1.807) is 18.3 Å². The average molecular weight is 413 g/mol. The number of nitrogens with zero attached hydrogens (tertiary/aromatic N) is 2. The van der Waals surface area contributed by atoms with Crippen molar-refractivity contribution < 1.29 is 18.8 Å². The lowest BCUT2D eigenvalue weighted by molar-refractivity contribution is -0.142. The lowest BCUT2D eigenvalue weighted by Crippen LogP contribution is -2.19. The number of carbonyl (C=O) groups excluding carboxylic acids is 2. The van der Waals surface area contributed by atoms with Crippen LogP contribution in [0.3, 0.4) is 0 Å². The lowest BCUT2D eigenvalue weighted by atomic mass is 10.1. The van der Waals surface area contributed by atoms with Crippen LogP contribution < -0.4 is 5.32 Å². The predicted octanol–water partition coefficient (Wildman–Crippen LogP) is 4.39. The number of para-hydroxylation sites is 1. The summed E-state index contributed by atoms with van der Waals surface area (Å²) in [7, 11) is 0. The van der Waals surface area contributed by atoms with E-state index in [1.165, 1.54) is 6.08 Å². The Hall–Kier alpha value is -4.26. The van der Waals surface area contributed by atoms with Gasteiger partial charge in [-0.05, 0) is 19.1 Å². The Labute approximate surface area is 178 Å². The van der Waals surface area contributed by atoms with Crippen LogP contribution >= 0.6 is 0 Å². The number of fused-ring (bicyclic) bond motifs is 1. The fourth-order valence-electron chi connectivity index (χ4n) is 2.97. The second-order valence-electron chi connectivity index (χ2n) is 6.85. The van der Waals surface area contributed by atoms with Crippen molar-refractivity contribution in [3.63, 3.8) is 0 Å². The van der Waals surface area contributed by atoms with E-state index in [4.69, 9.17) is 9.26 Å². The van der Waals surface area contributed by atoms with Crippen molar-refractivity contribution in [1.29, 1.82) is 0 Å². The molecule has 0 unspecified atom stereocenters. The highest BCUT2D eigenvalue weighted by atomic mass is 16.5. The first-order chi connectivity index (χ1) is 15.1. The summed E-state index contributed by atoms with van der Waals surface area (Å²) in [6.45, 7) is 1.55. The van der Waals surface area contributed by atoms with Gasteiger partial charge in [0.15, 0.2) is 6.61 Å². The topological polar surface area (TPSA) is 94.3 Å². The number of aryl methyl sites for hydroxylation is 1. The van der Waals surface area contributed by atoms with Crippen LogP contribution in [0.2, 0.25) is 0 Å². The van der Waals surface area contributed by atoms with Gasteiger partial charge in [-0.25, -0.2) is 4.79 Å². The van der Waals surface area contributed by atoms with Crippen molar-refractivity contribution in [2.75, 3.05) is 11.9 Å². The number of pyridine rings is 1. The van der Waals surface area contributed by atoms with Gasteiger partial charge in [0.25, 0.3) is 5.91 Å². The van der Waals surface area contributed by atoms with Crippen molar-refractivity contribution in [2.24, 2.45) is 0 Å². The molecule has 31 heavy (non-hydrogen) atoms. The van der Waals surface area contributed by atoms with Gasteiger partial charge in [-0.15, -0.1) is 0 Å². The third-order valence-electron chi connectivity index (χ3n) is 4.53. The second kappa shape index (κ2) is 9.04. The van der Waals surface area contributed by atoms with E-state index in [1.807, 2.05) is 61.5 Å². The molecule has 1 amide bonds. The number of ether oxygens (including phenoxy) is 1. The Bertz CT molecular complexity index is 1250. The van der Waals surface area contributed by atoms with Gasteiger partial charge < -0.3 is 9.26 Å². The highest BCUT2D eigenvalue weighted by Gasteiger charge is 2.11. The van der Waals surface area contributed by atoms with Crippen LogP contribution in [0.5, 0.6) is 0 Å². The summed E-state index contributed by atoms with van der Waals surface area (Å²) in [5.74, 6) is -0.991. The maximum absolute atomic E-state index is 12.0. The second-order valence-corrected chi connectivity index (χ2v) is 6.85. The number of carbonyl (C=O) groups is 2. The Morgan fingerprint density at radius 2 is 1.90 bits per heavy atom. The fourth-order valence-corrected chi connectivity index (χ4v) is 2.97. The summed E-state index contributed by atoms with van der Waals surface area (Å²) < 4.78 is 10.1. The molecule has 1 N–H and O–H groups in total. The maximum Gasteiger partial charge on any atom is 0.331 e. The Morgan fingerprint density at radius 1 is 1.10 bits per heavy atom. The van der Waals surface area contributed by atoms with E-state index >= 15 is 0 Å². The van der Waals surface area contributed by atoms with E-state index < -0.39 is 18.5 Å². The Morgan fingerprint density at radius 3 is 2.74 bits per heavy atom. The molecule has 4 rings (SSSR count). The first-order valence-corrected chi connectivity index (χ1v) is 9.61. The molecule has 0 saturated heterocycles. The molecule has 2 heterocycles. The van der Waals surface area contributed by atoms with E-state index in [0.717, 1.165) is 27.6 Å². The van der Waals surface area contributed by atoms with Gasteiger partial charge in [-0.3, -0.25) is 15.1 Å². The van der Waals surface area contributed by atoms with Gasteiger partial charge in [-0.2, -0.15) is 0 Å².